The summed E-state index contributed by atoms with van der Waals surface area (Å²) in [6, 6.07) is 11.0. The first-order valence-corrected chi connectivity index (χ1v) is 16.1. The van der Waals surface area contributed by atoms with Crippen molar-refractivity contribution < 1.29 is 47.1 Å². The van der Waals surface area contributed by atoms with E-state index in [-0.39, 0.29) is 6.42 Å². The average molecular weight is 743 g/mol. The Labute approximate surface area is 292 Å². The number of carbonyl (C=O) groups excluding carboxylic acids is 1. The summed E-state index contributed by atoms with van der Waals surface area (Å²) in [6.07, 6.45) is -3.46. The van der Waals surface area contributed by atoms with Crippen LogP contribution < -0.4 is 22.5 Å². The van der Waals surface area contributed by atoms with Gasteiger partial charge in [-0.2, -0.15) is 0 Å². The number of aromatic amines is 2. The summed E-state index contributed by atoms with van der Waals surface area (Å²) in [5.74, 6) is -6.57. The molecule has 0 bridgehead atoms. The average Bonchev–Trinajstić information content (AvgIpc) is 3.74. The van der Waals surface area contributed by atoms with E-state index in [9.17, 15) is 37.9 Å². The van der Waals surface area contributed by atoms with E-state index in [1.165, 1.54) is 18.5 Å². The fourth-order valence-electron chi connectivity index (χ4n) is 6.00. The van der Waals surface area contributed by atoms with E-state index in [2.05, 4.69) is 9.97 Å². The van der Waals surface area contributed by atoms with Gasteiger partial charge in [-0.15, -0.1) is 0 Å². The first-order chi connectivity index (χ1) is 23.8. The van der Waals surface area contributed by atoms with Crippen LogP contribution >= 0.6 is 11.6 Å². The molecule has 4 aliphatic rings. The van der Waals surface area contributed by atoms with Crippen molar-refractivity contribution in [2.75, 3.05) is 6.61 Å². The van der Waals surface area contributed by atoms with Crippen LogP contribution in [0.3, 0.4) is 0 Å². The van der Waals surface area contributed by atoms with Gasteiger partial charge in [0.2, 0.25) is 5.85 Å². The zero-order chi connectivity index (χ0) is 37.5. The van der Waals surface area contributed by atoms with E-state index in [4.69, 9.17) is 40.0 Å². The van der Waals surface area contributed by atoms with Crippen molar-refractivity contribution in [1.82, 2.24) is 19.1 Å². The summed E-state index contributed by atoms with van der Waals surface area (Å²) in [7, 11) is 0. The minimum atomic E-state index is -2.49. The zero-order valence-corrected chi connectivity index (χ0v) is 28.8. The van der Waals surface area contributed by atoms with Gasteiger partial charge in [-0.3, -0.25) is 33.5 Å². The van der Waals surface area contributed by atoms with Crippen LogP contribution in [-0.4, -0.2) is 83.8 Å². The van der Waals surface area contributed by atoms with Crippen molar-refractivity contribution in [2.24, 2.45) is 0 Å². The van der Waals surface area contributed by atoms with Gasteiger partial charge in [0, 0.05) is 36.5 Å². The van der Waals surface area contributed by atoms with Crippen LogP contribution in [0.4, 0.5) is 8.78 Å². The predicted molar refractivity (Wildman–Crippen MR) is 172 cm³/mol. The van der Waals surface area contributed by atoms with Crippen molar-refractivity contribution in [2.45, 2.75) is 101 Å². The third-order valence-electron chi connectivity index (χ3n) is 8.25. The van der Waals surface area contributed by atoms with Crippen molar-refractivity contribution in [3.8, 4) is 0 Å². The molecule has 0 radical (unpaired) electrons. The van der Waals surface area contributed by atoms with Crippen LogP contribution in [0.5, 0.6) is 0 Å². The fourth-order valence-corrected chi connectivity index (χ4v) is 6.12. The van der Waals surface area contributed by atoms with Gasteiger partial charge in [0.05, 0.1) is 0 Å². The maximum atomic E-state index is 14.9. The van der Waals surface area contributed by atoms with Crippen molar-refractivity contribution in [3.05, 3.63) is 102 Å². The number of hydrogen-bond acceptors (Lipinski definition) is 12. The number of rotatable bonds is 5. The predicted octanol–water partition coefficient (Wildman–Crippen LogP) is 1.97. The molecule has 16 nitrogen and oxygen atoms in total. The molecule has 0 saturated carbocycles. The zero-order valence-electron chi connectivity index (χ0n) is 28.0. The normalized spacial score (nSPS) is 32.6. The van der Waals surface area contributed by atoms with Crippen LogP contribution in [0, 0.1) is 0 Å². The molecule has 278 valence electrons. The SMILES string of the molecule is CC1(C)O[C@H]2[C@H](n3ccc(=O)[nH]c3=O)O[C@](F)(CO)[C@H]2O1.CC[C@@]1(F)O[C@@H](n2ccc(=O)[nH]c2=O)[C@@H]2OC(C)(C)O[C@@H]21.O=C(Cl)c1ccccc1. The first-order valence-electron chi connectivity index (χ1n) is 15.8. The second kappa shape index (κ2) is 14.3. The number of H-pyrrole nitrogens is 2. The summed E-state index contributed by atoms with van der Waals surface area (Å²) in [6.45, 7) is 7.22. The van der Waals surface area contributed by atoms with Gasteiger partial charge in [-0.25, -0.2) is 18.4 Å². The number of nitrogens with one attached hydrogen (secondary N) is 2. The van der Waals surface area contributed by atoms with Gasteiger partial charge in [0.15, 0.2) is 36.2 Å². The highest BCUT2D eigenvalue weighted by Crippen LogP contribution is 2.50. The first kappa shape index (κ1) is 38.4. The number of aliphatic hydroxyl groups is 1. The number of nitrogens with zero attached hydrogens (tertiary/aromatic N) is 2. The molecule has 7 rings (SSSR count). The molecule has 6 heterocycles. The largest absolute Gasteiger partial charge is 0.390 e. The fraction of sp³-hybridized carbons (Fsp3) is 0.531. The molecule has 51 heavy (non-hydrogen) atoms. The molecule has 4 aliphatic heterocycles. The molecule has 1 aromatic carbocycles. The van der Waals surface area contributed by atoms with E-state index < -0.39 is 94.5 Å². The number of alkyl halides is 2. The maximum absolute atomic E-state index is 14.9. The number of benzene rings is 1. The molecule has 19 heteroatoms. The van der Waals surface area contributed by atoms with Gasteiger partial charge in [-0.05, 0) is 39.3 Å². The van der Waals surface area contributed by atoms with E-state index in [0.29, 0.717) is 5.56 Å². The van der Waals surface area contributed by atoms with Gasteiger partial charge in [-0.1, -0.05) is 37.3 Å². The maximum Gasteiger partial charge on any atom is 0.330 e. The molecular weight excluding hydrogens is 706 g/mol. The topological polar surface area (TPSA) is 202 Å². The highest BCUT2D eigenvalue weighted by atomic mass is 35.5. The monoisotopic (exact) mass is 742 g/mol. The Morgan fingerprint density at radius 2 is 1.18 bits per heavy atom. The number of ether oxygens (including phenoxy) is 6. The van der Waals surface area contributed by atoms with Gasteiger partial charge in [0.1, 0.15) is 18.8 Å². The van der Waals surface area contributed by atoms with Crippen LogP contribution in [0.2, 0.25) is 0 Å². The Bertz CT molecular complexity index is 1850. The highest BCUT2D eigenvalue weighted by Gasteiger charge is 2.65. The lowest BCUT2D eigenvalue weighted by Crippen LogP contribution is -2.42. The molecule has 0 unspecified atom stereocenters. The van der Waals surface area contributed by atoms with Gasteiger partial charge < -0.3 is 33.5 Å². The highest BCUT2D eigenvalue weighted by molar-refractivity contribution is 6.67. The molecule has 3 aromatic rings. The molecular formula is C32H37ClF2N4O12. The summed E-state index contributed by atoms with van der Waals surface area (Å²) in [4.78, 5) is 60.5. The van der Waals surface area contributed by atoms with Gasteiger partial charge in [0.25, 0.3) is 22.2 Å². The van der Waals surface area contributed by atoms with Gasteiger partial charge >= 0.3 is 11.4 Å². The molecule has 0 aliphatic carbocycles. The standard InChI is InChI=1S/C13H17FN2O5.C12H15FN2O6.C7H5ClO/c1-4-13(14)9-8(19-12(2,3)20-9)10(21-13)16-6-5-7(17)15-11(16)18;1-11(2)19-7-8(20-11)12(13,5-16)21-9(7)15-4-3-6(17)14-10(15)18;8-7(9)6-4-2-1-3-5-6/h5-6,8-10H,4H2,1-3H3,(H,15,17,18);3-4,7-9,16H,5H2,1-2H3,(H,14,17,18);1-5H/t8-,9+,10-,13-;7-,8+,9-,12-;/m11./s1. The van der Waals surface area contributed by atoms with E-state index in [0.717, 1.165) is 15.2 Å². The lowest BCUT2D eigenvalue weighted by Gasteiger charge is -2.27. The second-order valence-corrected chi connectivity index (χ2v) is 13.2. The number of aliphatic hydroxyl groups excluding tert-OH is 1. The Balaban J connectivity index is 0.000000160. The van der Waals surface area contributed by atoms with Crippen molar-refractivity contribution >= 4 is 16.8 Å². The van der Waals surface area contributed by atoms with Crippen LogP contribution in [0.1, 0.15) is 63.9 Å². The van der Waals surface area contributed by atoms with Crippen molar-refractivity contribution in [3.63, 3.8) is 0 Å². The molecule has 3 N–H and O–H groups in total. The van der Waals surface area contributed by atoms with Crippen molar-refractivity contribution in [1.29, 1.82) is 0 Å². The minimum absolute atomic E-state index is 0.0577. The lowest BCUT2D eigenvalue weighted by molar-refractivity contribution is -0.265. The van der Waals surface area contributed by atoms with Crippen LogP contribution in [0.25, 0.3) is 0 Å². The molecule has 0 spiro atoms. The second-order valence-electron chi connectivity index (χ2n) is 12.8. The molecule has 0 amide bonds. The van der Waals surface area contributed by atoms with E-state index in [1.54, 1.807) is 58.9 Å². The number of aromatic nitrogens is 4. The Morgan fingerprint density at radius 1 is 0.745 bits per heavy atom. The molecule has 4 saturated heterocycles. The van der Waals surface area contributed by atoms with Crippen LogP contribution in [-0.2, 0) is 28.4 Å². The molecule has 8 atom stereocenters. The smallest absolute Gasteiger partial charge is 0.330 e. The van der Waals surface area contributed by atoms with E-state index >= 15 is 0 Å². The number of halogens is 3. The molecule has 2 aromatic heterocycles. The minimum Gasteiger partial charge on any atom is -0.390 e. The van der Waals surface area contributed by atoms with Crippen LogP contribution in [0.15, 0.2) is 74.0 Å². The third kappa shape index (κ3) is 7.97. The quantitative estimate of drug-likeness (QED) is 0.322. The summed E-state index contributed by atoms with van der Waals surface area (Å²) >= 11 is 5.16. The summed E-state index contributed by atoms with van der Waals surface area (Å²) < 4.78 is 64.4. The number of hydrogen-bond donors (Lipinski definition) is 3. The number of carbonyl (C=O) groups is 1. The summed E-state index contributed by atoms with van der Waals surface area (Å²) in [5.41, 5.74) is -2.01. The number of fused-ring (bicyclic) bond motifs is 2. The Morgan fingerprint density at radius 3 is 1.55 bits per heavy atom. The van der Waals surface area contributed by atoms with E-state index in [1.807, 2.05) is 6.07 Å². The Hall–Kier alpha value is -3.88. The molecule has 4 fully saturated rings. The summed E-state index contributed by atoms with van der Waals surface area (Å²) in [5, 5.41) is 8.83. The lowest BCUT2D eigenvalue weighted by atomic mass is 10.1. The third-order valence-corrected chi connectivity index (χ3v) is 8.47. The Kier molecular flexibility index (Phi) is 10.7.